The number of fused-ring (bicyclic) bond motifs is 1. The number of benzene rings is 1. The van der Waals surface area contributed by atoms with Crippen LogP contribution in [0.15, 0.2) is 41.8 Å². The van der Waals surface area contributed by atoms with Crippen LogP contribution in [-0.4, -0.2) is 39.9 Å². The van der Waals surface area contributed by atoms with Gasteiger partial charge in [-0.25, -0.2) is 4.68 Å². The zero-order chi connectivity index (χ0) is 24.0. The van der Waals surface area contributed by atoms with Gasteiger partial charge in [0, 0.05) is 21.9 Å². The van der Waals surface area contributed by atoms with Crippen LogP contribution < -0.4 is 10.2 Å². The van der Waals surface area contributed by atoms with Crippen molar-refractivity contribution in [2.45, 2.75) is 57.2 Å². The number of carbonyl (C=O) groups is 2. The maximum atomic E-state index is 13.5. The van der Waals surface area contributed by atoms with Crippen LogP contribution >= 0.6 is 23.1 Å². The maximum Gasteiger partial charge on any atom is 0.240 e. The van der Waals surface area contributed by atoms with E-state index in [9.17, 15) is 9.59 Å². The molecule has 2 amide bonds. The first-order chi connectivity index (χ1) is 16.2. The molecule has 0 bridgehead atoms. The summed E-state index contributed by atoms with van der Waals surface area (Å²) in [6, 6.07) is 12.6. The minimum Gasteiger partial charge on any atom is -0.352 e. The number of hydrogen-bond donors (Lipinski definition) is 1. The second kappa shape index (κ2) is 8.89. The van der Waals surface area contributed by atoms with Gasteiger partial charge in [0.25, 0.3) is 0 Å². The lowest BCUT2D eigenvalue weighted by molar-refractivity contribution is -0.123. The minimum atomic E-state index is -0.245. The first-order valence-electron chi connectivity index (χ1n) is 11.7. The summed E-state index contributed by atoms with van der Waals surface area (Å²) in [7, 11) is 0. The van der Waals surface area contributed by atoms with Crippen molar-refractivity contribution in [3.8, 4) is 5.69 Å². The number of nitrogens with one attached hydrogen (secondary N) is 1. The molecule has 3 heterocycles. The molecule has 5 rings (SSSR count). The van der Waals surface area contributed by atoms with Crippen LogP contribution in [0.4, 0.5) is 5.82 Å². The Hall–Kier alpha value is -2.58. The van der Waals surface area contributed by atoms with Crippen LogP contribution in [0.25, 0.3) is 5.69 Å². The highest BCUT2D eigenvalue weighted by Crippen LogP contribution is 2.49. The fourth-order valence-electron chi connectivity index (χ4n) is 4.32. The highest BCUT2D eigenvalue weighted by atomic mass is 32.2. The zero-order valence-electron chi connectivity index (χ0n) is 20.0. The molecule has 1 aliphatic carbocycles. The van der Waals surface area contributed by atoms with Crippen LogP contribution in [0, 0.1) is 6.92 Å². The van der Waals surface area contributed by atoms with E-state index in [1.54, 1.807) is 28.0 Å². The van der Waals surface area contributed by atoms with Crippen LogP contribution in [0.5, 0.6) is 0 Å². The van der Waals surface area contributed by atoms with Gasteiger partial charge in [-0.15, -0.1) is 23.1 Å². The van der Waals surface area contributed by atoms with Crippen molar-refractivity contribution in [3.63, 3.8) is 0 Å². The topological polar surface area (TPSA) is 67.2 Å². The van der Waals surface area contributed by atoms with Gasteiger partial charge in [-0.3, -0.25) is 14.5 Å². The van der Waals surface area contributed by atoms with E-state index < -0.39 is 0 Å². The average Bonchev–Trinajstić information content (AvgIpc) is 3.29. The highest BCUT2D eigenvalue weighted by molar-refractivity contribution is 8.00. The molecule has 1 aromatic carbocycles. The molecule has 1 saturated carbocycles. The van der Waals surface area contributed by atoms with E-state index in [1.165, 1.54) is 4.88 Å². The quantitative estimate of drug-likeness (QED) is 0.543. The van der Waals surface area contributed by atoms with E-state index >= 15 is 0 Å². The number of anilines is 1. The fourth-order valence-corrected chi connectivity index (χ4v) is 6.50. The largest absolute Gasteiger partial charge is 0.352 e. The molecule has 1 atom stereocenters. The number of nitrogens with zero attached hydrogens (tertiary/aromatic N) is 3. The lowest BCUT2D eigenvalue weighted by Gasteiger charge is -2.24. The number of aryl methyl sites for hydroxylation is 1. The molecule has 1 aliphatic heterocycles. The molecule has 0 saturated heterocycles. The third-order valence-corrected chi connectivity index (χ3v) is 8.41. The van der Waals surface area contributed by atoms with Crippen molar-refractivity contribution < 1.29 is 9.59 Å². The van der Waals surface area contributed by atoms with Crippen molar-refractivity contribution >= 4 is 40.7 Å². The summed E-state index contributed by atoms with van der Waals surface area (Å²) in [6.07, 6.45) is 2.02. The standard InChI is InChI=1S/C26H30N4O2S2/c1-16-7-5-8-18(13-16)30-25-22(24(28-30)26(2,3)4)23(19-9-6-12-33-19)34-15-21(32)29(25)14-20(31)27-17-10-11-17/h5-9,12-13,17,23H,10-11,14-15H2,1-4H3,(H,27,31)/t23-/m1/s1. The summed E-state index contributed by atoms with van der Waals surface area (Å²) >= 11 is 3.32. The number of thioether (sulfide) groups is 1. The number of aromatic nitrogens is 2. The zero-order valence-corrected chi connectivity index (χ0v) is 21.6. The van der Waals surface area contributed by atoms with E-state index in [0.29, 0.717) is 5.75 Å². The summed E-state index contributed by atoms with van der Waals surface area (Å²) < 4.78 is 1.89. The average molecular weight is 495 g/mol. The summed E-state index contributed by atoms with van der Waals surface area (Å²) in [5, 5.41) is 10.2. The van der Waals surface area contributed by atoms with Gasteiger partial charge < -0.3 is 5.32 Å². The van der Waals surface area contributed by atoms with E-state index in [0.717, 1.165) is 41.2 Å². The van der Waals surface area contributed by atoms with Crippen molar-refractivity contribution in [3.05, 3.63) is 63.5 Å². The molecule has 2 aromatic heterocycles. The van der Waals surface area contributed by atoms with E-state index in [4.69, 9.17) is 5.10 Å². The monoisotopic (exact) mass is 494 g/mol. The van der Waals surface area contributed by atoms with Crippen molar-refractivity contribution in [2.75, 3.05) is 17.2 Å². The predicted molar refractivity (Wildman–Crippen MR) is 139 cm³/mol. The second-order valence-corrected chi connectivity index (χ2v) is 12.2. The number of rotatable bonds is 5. The lowest BCUT2D eigenvalue weighted by atomic mass is 9.88. The Morgan fingerprint density at radius 1 is 1.21 bits per heavy atom. The number of hydrogen-bond acceptors (Lipinski definition) is 5. The molecular formula is C26H30N4O2S2. The Morgan fingerprint density at radius 3 is 2.65 bits per heavy atom. The molecule has 0 unspecified atom stereocenters. The van der Waals surface area contributed by atoms with Gasteiger partial charge in [-0.2, -0.15) is 5.10 Å². The van der Waals surface area contributed by atoms with Gasteiger partial charge in [0.1, 0.15) is 12.4 Å². The van der Waals surface area contributed by atoms with Gasteiger partial charge >= 0.3 is 0 Å². The van der Waals surface area contributed by atoms with Gasteiger partial charge in [-0.1, -0.05) is 39.0 Å². The fraction of sp³-hybridized carbons (Fsp3) is 0.423. The maximum absolute atomic E-state index is 13.5. The Morgan fingerprint density at radius 2 is 2.00 bits per heavy atom. The summed E-state index contributed by atoms with van der Waals surface area (Å²) in [5.41, 5.74) is 3.75. The van der Waals surface area contributed by atoms with Gasteiger partial charge in [0.15, 0.2) is 0 Å². The van der Waals surface area contributed by atoms with Crippen LogP contribution in [0.3, 0.4) is 0 Å². The Bertz CT molecular complexity index is 1220. The second-order valence-electron chi connectivity index (χ2n) is 10.1. The Labute approximate surface area is 208 Å². The van der Waals surface area contributed by atoms with Crippen molar-refractivity contribution in [1.29, 1.82) is 0 Å². The van der Waals surface area contributed by atoms with Crippen LogP contribution in [-0.2, 0) is 15.0 Å². The van der Waals surface area contributed by atoms with Gasteiger partial charge in [0.05, 0.1) is 22.4 Å². The Kier molecular flexibility index (Phi) is 6.06. The number of thiophene rings is 1. The molecule has 1 fully saturated rings. The molecule has 1 N–H and O–H groups in total. The predicted octanol–water partition coefficient (Wildman–Crippen LogP) is 4.99. The third-order valence-electron chi connectivity index (χ3n) is 6.09. The first-order valence-corrected chi connectivity index (χ1v) is 13.6. The molecule has 0 spiro atoms. The lowest BCUT2D eigenvalue weighted by Crippen LogP contribution is -2.43. The van der Waals surface area contributed by atoms with Crippen molar-refractivity contribution in [1.82, 2.24) is 15.1 Å². The minimum absolute atomic E-state index is 0.00114. The van der Waals surface area contributed by atoms with Crippen LogP contribution in [0.2, 0.25) is 0 Å². The molecule has 34 heavy (non-hydrogen) atoms. The van der Waals surface area contributed by atoms with Gasteiger partial charge in [0.2, 0.25) is 11.8 Å². The SMILES string of the molecule is Cc1cccc(-n2nc(C(C)(C)C)c3c2N(CC(=O)NC2CC2)C(=O)CS[C@@H]3c2cccs2)c1. The molecule has 2 aliphatic rings. The number of amides is 2. The first kappa shape index (κ1) is 23.2. The third kappa shape index (κ3) is 4.53. The molecular weight excluding hydrogens is 464 g/mol. The molecule has 8 heteroatoms. The molecule has 6 nitrogen and oxygen atoms in total. The van der Waals surface area contributed by atoms with Crippen LogP contribution in [0.1, 0.15) is 60.6 Å². The van der Waals surface area contributed by atoms with Gasteiger partial charge in [-0.05, 0) is 48.9 Å². The summed E-state index contributed by atoms with van der Waals surface area (Å²) in [6.45, 7) is 8.52. The summed E-state index contributed by atoms with van der Waals surface area (Å²) in [4.78, 5) is 29.3. The molecule has 0 radical (unpaired) electrons. The van der Waals surface area contributed by atoms with E-state index in [2.05, 4.69) is 49.7 Å². The Balaban J connectivity index is 1.74. The number of carbonyl (C=O) groups excluding carboxylic acids is 2. The highest BCUT2D eigenvalue weighted by Gasteiger charge is 2.40. The van der Waals surface area contributed by atoms with E-state index in [1.807, 2.05) is 29.8 Å². The molecule has 178 valence electrons. The smallest absolute Gasteiger partial charge is 0.240 e. The summed E-state index contributed by atoms with van der Waals surface area (Å²) in [5.74, 6) is 0.849. The normalized spacial score (nSPS) is 18.5. The molecule has 3 aromatic rings. The van der Waals surface area contributed by atoms with E-state index in [-0.39, 0.29) is 35.1 Å². The van der Waals surface area contributed by atoms with Crippen molar-refractivity contribution in [2.24, 2.45) is 0 Å².